The third-order valence-electron chi connectivity index (χ3n) is 3.57. The van der Waals surface area contributed by atoms with Gasteiger partial charge in [-0.3, -0.25) is 14.4 Å². The van der Waals surface area contributed by atoms with Crippen molar-refractivity contribution in [3.05, 3.63) is 0 Å². The number of nitrogens with two attached hydrogens (primary N) is 1. The summed E-state index contributed by atoms with van der Waals surface area (Å²) in [5.74, 6) is -2.52. The Labute approximate surface area is 175 Å². The minimum Gasteiger partial charge on any atom is -0.480 e. The van der Waals surface area contributed by atoms with Crippen molar-refractivity contribution in [2.24, 2.45) is 5.73 Å². The maximum atomic E-state index is 11.6. The normalized spacial score (nSPS) is 11.8. The smallest absolute Gasteiger partial charge is 0.329 e. The molecule has 0 radical (unpaired) electrons. The number of nitrogens with one attached hydrogen (secondary N) is 1. The molecule has 0 aliphatic rings. The number of Topliss-reactive ketones (excluding diaryl/α,β-unsaturated/α-hetero) is 1. The van der Waals surface area contributed by atoms with Crippen molar-refractivity contribution in [1.82, 2.24) is 5.32 Å². The van der Waals surface area contributed by atoms with Crippen LogP contribution in [-0.4, -0.2) is 99.3 Å². The van der Waals surface area contributed by atoms with Gasteiger partial charge in [-0.15, -0.1) is 0 Å². The fourth-order valence-corrected chi connectivity index (χ4v) is 2.01. The summed E-state index contributed by atoms with van der Waals surface area (Å²) < 4.78 is 20.4. The van der Waals surface area contributed by atoms with Gasteiger partial charge < -0.3 is 40.2 Å². The van der Waals surface area contributed by atoms with Gasteiger partial charge in [0.05, 0.1) is 33.0 Å². The number of carbonyl (C=O) groups is 4. The monoisotopic (exact) mass is 436 g/mol. The van der Waals surface area contributed by atoms with Crippen LogP contribution >= 0.6 is 0 Å². The fraction of sp³-hybridized carbons (Fsp3) is 0.778. The second-order valence-electron chi connectivity index (χ2n) is 6.20. The standard InChI is InChI=1S/C18H32N2O10/c19-15(18(25)26)4-3-14(21)2-1-6-27-8-10-29-12-16(22)20-5-7-28-9-11-30-13-17(23)24/h15H,1-13,19H2,(H,20,22)(H,23,24)(H,25,26)/t15-/m0/s1. The second-order valence-corrected chi connectivity index (χ2v) is 6.20. The van der Waals surface area contributed by atoms with Crippen LogP contribution in [0.15, 0.2) is 0 Å². The van der Waals surface area contributed by atoms with Gasteiger partial charge in [0, 0.05) is 26.0 Å². The van der Waals surface area contributed by atoms with Crippen LogP contribution in [0.4, 0.5) is 0 Å². The van der Waals surface area contributed by atoms with Gasteiger partial charge >= 0.3 is 11.9 Å². The highest BCUT2D eigenvalue weighted by Crippen LogP contribution is 2.02. The molecule has 0 fully saturated rings. The average Bonchev–Trinajstić information content (AvgIpc) is 2.69. The van der Waals surface area contributed by atoms with Gasteiger partial charge in [-0.1, -0.05) is 0 Å². The molecule has 0 rings (SSSR count). The number of rotatable bonds is 21. The van der Waals surface area contributed by atoms with Crippen molar-refractivity contribution in [2.45, 2.75) is 31.7 Å². The molecule has 1 atom stereocenters. The molecule has 1 amide bonds. The quantitative estimate of drug-likeness (QED) is 0.158. The first kappa shape index (κ1) is 27.9. The van der Waals surface area contributed by atoms with E-state index < -0.39 is 18.0 Å². The van der Waals surface area contributed by atoms with Crippen LogP contribution in [0, 0.1) is 0 Å². The summed E-state index contributed by atoms with van der Waals surface area (Å²) in [6, 6.07) is -1.02. The lowest BCUT2D eigenvalue weighted by atomic mass is 10.1. The lowest BCUT2D eigenvalue weighted by molar-refractivity contribution is -0.143. The lowest BCUT2D eigenvalue weighted by Gasteiger charge is -2.08. The van der Waals surface area contributed by atoms with E-state index in [1.54, 1.807) is 0 Å². The molecule has 0 heterocycles. The first-order valence-electron chi connectivity index (χ1n) is 9.62. The third kappa shape index (κ3) is 19.2. The van der Waals surface area contributed by atoms with E-state index in [4.69, 9.17) is 34.9 Å². The summed E-state index contributed by atoms with van der Waals surface area (Å²) in [5, 5.41) is 19.6. The molecule has 30 heavy (non-hydrogen) atoms. The summed E-state index contributed by atoms with van der Waals surface area (Å²) in [6.07, 6.45) is 1.07. The zero-order chi connectivity index (χ0) is 22.6. The molecule has 0 saturated heterocycles. The summed E-state index contributed by atoms with van der Waals surface area (Å²) in [4.78, 5) is 43.8. The third-order valence-corrected chi connectivity index (χ3v) is 3.57. The number of aliphatic carboxylic acids is 2. The van der Waals surface area contributed by atoms with E-state index in [2.05, 4.69) is 5.32 Å². The molecular formula is C18H32N2O10. The predicted molar refractivity (Wildman–Crippen MR) is 103 cm³/mol. The Bertz CT molecular complexity index is 515. The fourth-order valence-electron chi connectivity index (χ4n) is 2.01. The van der Waals surface area contributed by atoms with Crippen LogP contribution in [0.2, 0.25) is 0 Å². The summed E-state index contributed by atoms with van der Waals surface area (Å²) in [6.45, 7) is 1.34. The number of hydrogen-bond donors (Lipinski definition) is 4. The number of amides is 1. The highest BCUT2D eigenvalue weighted by Gasteiger charge is 2.13. The number of ether oxygens (including phenoxy) is 4. The summed E-state index contributed by atoms with van der Waals surface area (Å²) >= 11 is 0. The van der Waals surface area contributed by atoms with Crippen molar-refractivity contribution in [3.63, 3.8) is 0 Å². The Balaban J connectivity index is 3.36. The molecule has 174 valence electrons. The van der Waals surface area contributed by atoms with E-state index in [9.17, 15) is 19.2 Å². The Kier molecular flexibility index (Phi) is 17.5. The highest BCUT2D eigenvalue weighted by molar-refractivity contribution is 5.80. The Morgan fingerprint density at radius 2 is 1.40 bits per heavy atom. The van der Waals surface area contributed by atoms with Crippen molar-refractivity contribution in [3.8, 4) is 0 Å². The number of carboxylic acid groups (broad SMARTS) is 2. The summed E-state index contributed by atoms with van der Waals surface area (Å²) in [5.41, 5.74) is 5.33. The lowest BCUT2D eigenvalue weighted by Crippen LogP contribution is -2.31. The van der Waals surface area contributed by atoms with E-state index in [1.807, 2.05) is 0 Å². The first-order chi connectivity index (χ1) is 14.3. The molecule has 0 aromatic rings. The molecule has 0 saturated carbocycles. The Morgan fingerprint density at radius 1 is 0.800 bits per heavy atom. The molecule has 0 bridgehead atoms. The molecular weight excluding hydrogens is 404 g/mol. The van der Waals surface area contributed by atoms with Crippen LogP contribution in [-0.2, 0) is 38.1 Å². The zero-order valence-corrected chi connectivity index (χ0v) is 17.0. The van der Waals surface area contributed by atoms with Gasteiger partial charge in [0.25, 0.3) is 0 Å². The second kappa shape index (κ2) is 18.9. The highest BCUT2D eigenvalue weighted by atomic mass is 16.5. The number of carbonyl (C=O) groups excluding carboxylic acids is 2. The molecule has 0 aliphatic heterocycles. The Morgan fingerprint density at radius 3 is 2.03 bits per heavy atom. The largest absolute Gasteiger partial charge is 0.480 e. The predicted octanol–water partition coefficient (Wildman–Crippen LogP) is -1.20. The molecule has 12 heteroatoms. The zero-order valence-electron chi connectivity index (χ0n) is 17.0. The van der Waals surface area contributed by atoms with Crippen molar-refractivity contribution >= 4 is 23.6 Å². The first-order valence-corrected chi connectivity index (χ1v) is 9.62. The minimum atomic E-state index is -1.12. The maximum Gasteiger partial charge on any atom is 0.329 e. The number of ketones is 1. The van der Waals surface area contributed by atoms with Gasteiger partial charge in [-0.25, -0.2) is 4.79 Å². The van der Waals surface area contributed by atoms with Crippen molar-refractivity contribution in [1.29, 1.82) is 0 Å². The molecule has 0 spiro atoms. The van der Waals surface area contributed by atoms with E-state index in [1.165, 1.54) is 0 Å². The molecule has 0 unspecified atom stereocenters. The SMILES string of the molecule is N[C@@H](CCC(=O)CCCOCCOCC(=O)NCCOCCOCC(=O)O)C(=O)O. The Hall–Kier alpha value is -2.12. The number of carboxylic acids is 2. The van der Waals surface area contributed by atoms with Gasteiger partial charge in [-0.2, -0.15) is 0 Å². The number of hydrogen-bond acceptors (Lipinski definition) is 9. The molecule has 5 N–H and O–H groups in total. The van der Waals surface area contributed by atoms with E-state index in [0.29, 0.717) is 26.0 Å². The van der Waals surface area contributed by atoms with Crippen LogP contribution in [0.3, 0.4) is 0 Å². The molecule has 0 aromatic heterocycles. The van der Waals surface area contributed by atoms with Crippen LogP contribution in [0.1, 0.15) is 25.7 Å². The van der Waals surface area contributed by atoms with Crippen molar-refractivity contribution in [2.75, 3.05) is 59.4 Å². The molecule has 0 aliphatic carbocycles. The van der Waals surface area contributed by atoms with Crippen LogP contribution in [0.5, 0.6) is 0 Å². The molecule has 12 nitrogen and oxygen atoms in total. The van der Waals surface area contributed by atoms with E-state index >= 15 is 0 Å². The topological polar surface area (TPSA) is 184 Å². The van der Waals surface area contributed by atoms with Gasteiger partial charge in [0.1, 0.15) is 25.0 Å². The van der Waals surface area contributed by atoms with Crippen molar-refractivity contribution < 1.29 is 48.3 Å². The van der Waals surface area contributed by atoms with Gasteiger partial charge in [0.15, 0.2) is 0 Å². The van der Waals surface area contributed by atoms with E-state index in [0.717, 1.165) is 0 Å². The minimum absolute atomic E-state index is 0.0556. The van der Waals surface area contributed by atoms with Crippen LogP contribution < -0.4 is 11.1 Å². The maximum absolute atomic E-state index is 11.6. The molecule has 0 aromatic carbocycles. The van der Waals surface area contributed by atoms with E-state index in [-0.39, 0.29) is 70.8 Å². The van der Waals surface area contributed by atoms with Gasteiger partial charge in [0.2, 0.25) is 5.91 Å². The van der Waals surface area contributed by atoms with Gasteiger partial charge in [-0.05, 0) is 12.8 Å². The summed E-state index contributed by atoms with van der Waals surface area (Å²) in [7, 11) is 0. The average molecular weight is 436 g/mol. The van der Waals surface area contributed by atoms with Crippen LogP contribution in [0.25, 0.3) is 0 Å².